The lowest BCUT2D eigenvalue weighted by molar-refractivity contribution is -0.107. The van der Waals surface area contributed by atoms with Gasteiger partial charge in [-0.25, -0.2) is 0 Å². The summed E-state index contributed by atoms with van der Waals surface area (Å²) in [4.78, 5) is 10.4. The van der Waals surface area contributed by atoms with Crippen LogP contribution in [-0.2, 0) is 9.22 Å². The smallest absolute Gasteiger partial charge is 0.192 e. The van der Waals surface area contributed by atoms with Crippen LogP contribution >= 0.6 is 0 Å². The van der Waals surface area contributed by atoms with E-state index in [1.807, 2.05) is 6.92 Å². The molecular formula is C16H28O2Si. The van der Waals surface area contributed by atoms with E-state index < -0.39 is 8.32 Å². The summed E-state index contributed by atoms with van der Waals surface area (Å²) in [5, 5.41) is 0.171. The lowest BCUT2D eigenvalue weighted by Crippen LogP contribution is -2.43. The molecule has 0 fully saturated rings. The van der Waals surface area contributed by atoms with Crippen molar-refractivity contribution in [2.45, 2.75) is 71.2 Å². The minimum absolute atomic E-state index is 0.0301. The molecule has 19 heavy (non-hydrogen) atoms. The Bertz CT molecular complexity index is 356. The topological polar surface area (TPSA) is 26.3 Å². The molecule has 0 aromatic heterocycles. The molecule has 0 aliphatic carbocycles. The zero-order valence-corrected chi connectivity index (χ0v) is 14.2. The molecule has 0 amide bonds. The predicted molar refractivity (Wildman–Crippen MR) is 84.6 cm³/mol. The minimum atomic E-state index is -1.81. The van der Waals surface area contributed by atoms with Gasteiger partial charge in [0.15, 0.2) is 8.32 Å². The first-order valence-corrected chi connectivity index (χ1v) is 9.77. The summed E-state index contributed by atoms with van der Waals surface area (Å²) in [5.74, 6) is 2.69. The fourth-order valence-electron chi connectivity index (χ4n) is 1.49. The normalized spacial score (nSPS) is 14.9. The van der Waals surface area contributed by atoms with Crippen molar-refractivity contribution in [3.63, 3.8) is 0 Å². The van der Waals surface area contributed by atoms with E-state index in [0.717, 1.165) is 12.7 Å². The van der Waals surface area contributed by atoms with Gasteiger partial charge in [-0.15, -0.1) is 12.3 Å². The maximum Gasteiger partial charge on any atom is 0.192 e. The molecule has 1 atom stereocenters. The molecule has 0 radical (unpaired) electrons. The zero-order valence-electron chi connectivity index (χ0n) is 13.2. The Kier molecular flexibility index (Phi) is 7.32. The van der Waals surface area contributed by atoms with Gasteiger partial charge in [-0.3, -0.25) is 0 Å². The number of rotatable bonds is 7. The lowest BCUT2D eigenvalue weighted by atomic mass is 10.1. The summed E-state index contributed by atoms with van der Waals surface area (Å²) in [6.45, 7) is 13.1. The molecule has 0 rings (SSSR count). The summed E-state index contributed by atoms with van der Waals surface area (Å²) in [6.07, 6.45) is 10.4. The van der Waals surface area contributed by atoms with E-state index in [-0.39, 0.29) is 11.1 Å². The van der Waals surface area contributed by atoms with Crippen molar-refractivity contribution >= 4 is 14.6 Å². The molecule has 0 heterocycles. The Balaban J connectivity index is 4.85. The van der Waals surface area contributed by atoms with Crippen LogP contribution in [0.25, 0.3) is 0 Å². The monoisotopic (exact) mass is 280 g/mol. The molecule has 0 spiro atoms. The number of carbonyl (C=O) groups is 1. The van der Waals surface area contributed by atoms with Crippen LogP contribution in [0.4, 0.5) is 0 Å². The maximum absolute atomic E-state index is 10.4. The number of terminal acetylenes is 1. The van der Waals surface area contributed by atoms with Gasteiger partial charge in [-0.05, 0) is 31.5 Å². The number of aldehydes is 1. The van der Waals surface area contributed by atoms with Gasteiger partial charge in [0.25, 0.3) is 0 Å². The predicted octanol–water partition coefficient (Wildman–Crippen LogP) is 4.33. The summed E-state index contributed by atoms with van der Waals surface area (Å²) >= 11 is 0. The highest BCUT2D eigenvalue weighted by atomic mass is 28.4. The molecule has 3 heteroatoms. The van der Waals surface area contributed by atoms with Crippen LogP contribution in [0.5, 0.6) is 0 Å². The van der Waals surface area contributed by atoms with Gasteiger partial charge in [0.05, 0.1) is 6.10 Å². The van der Waals surface area contributed by atoms with E-state index >= 15 is 0 Å². The molecule has 0 saturated carbocycles. The number of allylic oxidation sites excluding steroid dienone is 1. The molecule has 0 N–H and O–H groups in total. The van der Waals surface area contributed by atoms with Crippen LogP contribution in [0.15, 0.2) is 11.6 Å². The zero-order chi connectivity index (χ0) is 15.1. The average molecular weight is 280 g/mol. The highest BCUT2D eigenvalue weighted by Crippen LogP contribution is 2.37. The second kappa shape index (κ2) is 7.67. The van der Waals surface area contributed by atoms with Crippen molar-refractivity contribution in [1.29, 1.82) is 0 Å². The SMILES string of the molecule is C#CCC(/C=C(\C)CCC=O)O[Si](C)(C)C(C)(C)C. The van der Waals surface area contributed by atoms with E-state index in [0.29, 0.717) is 12.8 Å². The van der Waals surface area contributed by atoms with E-state index in [9.17, 15) is 4.79 Å². The third-order valence-electron chi connectivity index (χ3n) is 3.70. The van der Waals surface area contributed by atoms with E-state index in [1.165, 1.54) is 5.57 Å². The standard InChI is InChI=1S/C16H28O2Si/c1-8-10-15(13-14(2)11-9-12-17)18-19(6,7)16(3,4)5/h1,12-13,15H,9-11H2,2-7H3/b14-13+. The highest BCUT2D eigenvalue weighted by molar-refractivity contribution is 6.74. The van der Waals surface area contributed by atoms with Crippen molar-refractivity contribution in [3.8, 4) is 12.3 Å². The molecule has 0 aliphatic rings. The molecule has 1 unspecified atom stereocenters. The molecule has 0 aliphatic heterocycles. The van der Waals surface area contributed by atoms with Crippen LogP contribution < -0.4 is 0 Å². The first kappa shape index (κ1) is 18.1. The Morgan fingerprint density at radius 1 is 1.42 bits per heavy atom. The van der Waals surface area contributed by atoms with E-state index in [1.54, 1.807) is 0 Å². The second-order valence-electron chi connectivity index (χ2n) is 6.54. The van der Waals surface area contributed by atoms with E-state index in [2.05, 4.69) is 45.9 Å². The van der Waals surface area contributed by atoms with Crippen molar-refractivity contribution in [2.75, 3.05) is 0 Å². The van der Waals surface area contributed by atoms with Crippen LogP contribution in [-0.4, -0.2) is 20.7 Å². The third-order valence-corrected chi connectivity index (χ3v) is 8.20. The fraction of sp³-hybridized carbons (Fsp3) is 0.688. The Morgan fingerprint density at radius 3 is 2.42 bits per heavy atom. The average Bonchev–Trinajstić information content (AvgIpc) is 2.24. The van der Waals surface area contributed by atoms with Gasteiger partial charge in [0.2, 0.25) is 0 Å². The van der Waals surface area contributed by atoms with Gasteiger partial charge in [0.1, 0.15) is 6.29 Å². The number of carbonyl (C=O) groups excluding carboxylic acids is 1. The lowest BCUT2D eigenvalue weighted by Gasteiger charge is -2.38. The molecule has 0 bridgehead atoms. The summed E-state index contributed by atoms with van der Waals surface area (Å²) in [6, 6.07) is 0. The first-order valence-electron chi connectivity index (χ1n) is 6.86. The van der Waals surface area contributed by atoms with E-state index in [4.69, 9.17) is 10.8 Å². The Hall–Kier alpha value is -0.853. The van der Waals surface area contributed by atoms with Crippen molar-refractivity contribution < 1.29 is 9.22 Å². The van der Waals surface area contributed by atoms with Crippen molar-refractivity contribution in [2.24, 2.45) is 0 Å². The van der Waals surface area contributed by atoms with Gasteiger partial charge in [-0.2, -0.15) is 0 Å². The quantitative estimate of drug-likeness (QED) is 0.300. The summed E-state index contributed by atoms with van der Waals surface area (Å²) in [7, 11) is -1.81. The maximum atomic E-state index is 10.4. The largest absolute Gasteiger partial charge is 0.410 e. The second-order valence-corrected chi connectivity index (χ2v) is 11.3. The molecule has 0 aromatic rings. The molecule has 0 saturated heterocycles. The minimum Gasteiger partial charge on any atom is -0.410 e. The van der Waals surface area contributed by atoms with Crippen molar-refractivity contribution in [3.05, 3.63) is 11.6 Å². The number of hydrogen-bond acceptors (Lipinski definition) is 2. The molecule has 0 aromatic carbocycles. The van der Waals surface area contributed by atoms with Crippen molar-refractivity contribution in [1.82, 2.24) is 0 Å². The molecule has 108 valence electrons. The first-order chi connectivity index (χ1) is 8.64. The van der Waals surface area contributed by atoms with Gasteiger partial charge in [-0.1, -0.05) is 32.4 Å². The van der Waals surface area contributed by atoms with Crippen LogP contribution in [0, 0.1) is 12.3 Å². The van der Waals surface area contributed by atoms with Crippen LogP contribution in [0.2, 0.25) is 18.1 Å². The Morgan fingerprint density at radius 2 is 2.00 bits per heavy atom. The van der Waals surface area contributed by atoms with Crippen LogP contribution in [0.3, 0.4) is 0 Å². The third kappa shape index (κ3) is 6.75. The highest BCUT2D eigenvalue weighted by Gasteiger charge is 2.38. The molecule has 2 nitrogen and oxygen atoms in total. The molecular weight excluding hydrogens is 252 g/mol. The van der Waals surface area contributed by atoms with Crippen LogP contribution in [0.1, 0.15) is 47.0 Å². The van der Waals surface area contributed by atoms with Gasteiger partial charge < -0.3 is 9.22 Å². The summed E-state index contributed by atoms with van der Waals surface area (Å²) < 4.78 is 6.33. The summed E-state index contributed by atoms with van der Waals surface area (Å²) in [5.41, 5.74) is 1.17. The van der Waals surface area contributed by atoms with Gasteiger partial charge in [0, 0.05) is 12.8 Å². The fourth-order valence-corrected chi connectivity index (χ4v) is 2.76. The number of hydrogen-bond donors (Lipinski definition) is 0. The van der Waals surface area contributed by atoms with Gasteiger partial charge >= 0.3 is 0 Å². The Labute approximate surface area is 119 Å².